The second-order valence-corrected chi connectivity index (χ2v) is 4.99. The van der Waals surface area contributed by atoms with Gasteiger partial charge in [0.2, 0.25) is 0 Å². The lowest BCUT2D eigenvalue weighted by Crippen LogP contribution is -2.27. The van der Waals surface area contributed by atoms with Crippen molar-refractivity contribution >= 4 is 11.8 Å². The summed E-state index contributed by atoms with van der Waals surface area (Å²) in [6.07, 6.45) is -0.523. The summed E-state index contributed by atoms with van der Waals surface area (Å²) < 4.78 is 6.71. The Bertz CT molecular complexity index is 491. The van der Waals surface area contributed by atoms with Crippen LogP contribution in [0.3, 0.4) is 0 Å². The van der Waals surface area contributed by atoms with Crippen LogP contribution in [0, 0.1) is 25.2 Å². The molecule has 1 aromatic heterocycles. The van der Waals surface area contributed by atoms with Gasteiger partial charge in [-0.15, -0.1) is 0 Å². The van der Waals surface area contributed by atoms with Gasteiger partial charge in [-0.25, -0.2) is 4.79 Å². The molecule has 0 saturated heterocycles. The third kappa shape index (κ3) is 3.48. The maximum atomic E-state index is 11.7. The first-order valence-electron chi connectivity index (χ1n) is 5.65. The molecule has 0 saturated carbocycles. The number of carbonyl (C=O) groups is 1. The summed E-state index contributed by atoms with van der Waals surface area (Å²) in [7, 11) is 0. The number of anilines is 1. The zero-order chi connectivity index (χ0) is 13.9. The van der Waals surface area contributed by atoms with Crippen LogP contribution >= 0.6 is 0 Å². The number of aromatic nitrogens is 2. The zero-order valence-electron chi connectivity index (χ0n) is 11.4. The minimum atomic E-state index is -0.547. The van der Waals surface area contributed by atoms with Gasteiger partial charge in [-0.2, -0.15) is 10.4 Å². The van der Waals surface area contributed by atoms with Gasteiger partial charge in [-0.1, -0.05) is 0 Å². The Balaban J connectivity index is 2.86. The number of nitrogens with zero attached hydrogens (tertiary/aromatic N) is 3. The lowest BCUT2D eigenvalue weighted by molar-refractivity contribution is 0.0635. The van der Waals surface area contributed by atoms with Crippen molar-refractivity contribution in [2.24, 2.45) is 0 Å². The smallest absolute Gasteiger partial charge is 0.412 e. The molecule has 0 atom stereocenters. The van der Waals surface area contributed by atoms with Crippen molar-refractivity contribution in [2.75, 3.05) is 5.32 Å². The molecule has 1 amide bonds. The number of hydrogen-bond acceptors (Lipinski definition) is 4. The SMILES string of the molecule is Cc1nn(CC#N)c(C)c1NC(=O)OC(C)(C)C. The van der Waals surface area contributed by atoms with Gasteiger partial charge in [-0.05, 0) is 34.6 Å². The molecule has 0 unspecified atom stereocenters. The van der Waals surface area contributed by atoms with Gasteiger partial charge in [0, 0.05) is 0 Å². The molecule has 1 aromatic rings. The Morgan fingerprint density at radius 1 is 1.50 bits per heavy atom. The minimum Gasteiger partial charge on any atom is -0.444 e. The van der Waals surface area contributed by atoms with E-state index in [1.165, 1.54) is 0 Å². The molecule has 0 aliphatic rings. The number of nitriles is 1. The molecule has 0 fully saturated rings. The molecule has 0 aliphatic heterocycles. The van der Waals surface area contributed by atoms with E-state index in [2.05, 4.69) is 10.4 Å². The van der Waals surface area contributed by atoms with Crippen LogP contribution in [0.25, 0.3) is 0 Å². The lowest BCUT2D eigenvalue weighted by atomic mass is 10.2. The van der Waals surface area contributed by atoms with Crippen LogP contribution in [0.1, 0.15) is 32.2 Å². The van der Waals surface area contributed by atoms with Crippen LogP contribution in [-0.2, 0) is 11.3 Å². The van der Waals surface area contributed by atoms with Gasteiger partial charge in [-0.3, -0.25) is 10.00 Å². The minimum absolute atomic E-state index is 0.155. The molecular weight excluding hydrogens is 232 g/mol. The zero-order valence-corrected chi connectivity index (χ0v) is 11.4. The second kappa shape index (κ2) is 5.08. The van der Waals surface area contributed by atoms with Gasteiger partial charge < -0.3 is 4.74 Å². The summed E-state index contributed by atoms with van der Waals surface area (Å²) >= 11 is 0. The van der Waals surface area contributed by atoms with Crippen molar-refractivity contribution in [2.45, 2.75) is 46.8 Å². The van der Waals surface area contributed by atoms with Crippen LogP contribution in [0.2, 0.25) is 0 Å². The number of hydrogen-bond donors (Lipinski definition) is 1. The third-order valence-electron chi connectivity index (χ3n) is 2.23. The highest BCUT2D eigenvalue weighted by Crippen LogP contribution is 2.20. The fraction of sp³-hybridized carbons (Fsp3) is 0.583. The van der Waals surface area contributed by atoms with E-state index in [1.807, 2.05) is 6.07 Å². The molecule has 0 aromatic carbocycles. The molecule has 6 nitrogen and oxygen atoms in total. The molecule has 98 valence electrons. The summed E-state index contributed by atoms with van der Waals surface area (Å²) in [4.78, 5) is 11.7. The van der Waals surface area contributed by atoms with Crippen molar-refractivity contribution in [1.29, 1.82) is 5.26 Å². The summed E-state index contributed by atoms with van der Waals surface area (Å²) in [5.41, 5.74) is 1.45. The Morgan fingerprint density at radius 3 is 2.61 bits per heavy atom. The Hall–Kier alpha value is -2.03. The monoisotopic (exact) mass is 250 g/mol. The second-order valence-electron chi connectivity index (χ2n) is 4.99. The number of amides is 1. The van der Waals surface area contributed by atoms with Crippen molar-refractivity contribution in [3.8, 4) is 6.07 Å². The molecule has 0 bridgehead atoms. The molecule has 6 heteroatoms. The van der Waals surface area contributed by atoms with Crippen LogP contribution in [0.5, 0.6) is 0 Å². The molecule has 1 rings (SSSR count). The fourth-order valence-electron chi connectivity index (χ4n) is 1.50. The third-order valence-corrected chi connectivity index (χ3v) is 2.23. The van der Waals surface area contributed by atoms with Gasteiger partial charge in [0.05, 0.1) is 23.1 Å². The maximum absolute atomic E-state index is 11.7. The van der Waals surface area contributed by atoms with Gasteiger partial charge >= 0.3 is 6.09 Å². The molecule has 0 aliphatic carbocycles. The van der Waals surface area contributed by atoms with E-state index in [0.29, 0.717) is 11.4 Å². The van der Waals surface area contributed by atoms with Gasteiger partial charge in [0.25, 0.3) is 0 Å². The summed E-state index contributed by atoms with van der Waals surface area (Å²) in [6, 6.07) is 2.01. The van der Waals surface area contributed by atoms with E-state index in [-0.39, 0.29) is 6.54 Å². The Kier molecular flexibility index (Phi) is 3.96. The highest BCUT2D eigenvalue weighted by atomic mass is 16.6. The number of rotatable bonds is 2. The van der Waals surface area contributed by atoms with Crippen molar-refractivity contribution < 1.29 is 9.53 Å². The van der Waals surface area contributed by atoms with E-state index >= 15 is 0 Å². The predicted molar refractivity (Wildman–Crippen MR) is 67.2 cm³/mol. The van der Waals surface area contributed by atoms with Gasteiger partial charge in [0.1, 0.15) is 12.1 Å². The largest absolute Gasteiger partial charge is 0.444 e. The molecule has 1 heterocycles. The van der Waals surface area contributed by atoms with Crippen molar-refractivity contribution in [1.82, 2.24) is 9.78 Å². The first kappa shape index (κ1) is 14.0. The summed E-state index contributed by atoms with van der Waals surface area (Å²) in [5.74, 6) is 0. The Labute approximate surface area is 107 Å². The standard InChI is InChI=1S/C12H18N4O2/c1-8-10(9(2)16(15-8)7-6-13)14-11(17)18-12(3,4)5/h7H2,1-5H3,(H,14,17). The number of ether oxygens (including phenoxy) is 1. The highest BCUT2D eigenvalue weighted by Gasteiger charge is 2.19. The number of carbonyl (C=O) groups excluding carboxylic acids is 1. The number of nitrogens with one attached hydrogen (secondary N) is 1. The molecule has 0 radical (unpaired) electrons. The van der Waals surface area contributed by atoms with E-state index in [0.717, 1.165) is 5.69 Å². The van der Waals surface area contributed by atoms with Crippen molar-refractivity contribution in [3.05, 3.63) is 11.4 Å². The first-order valence-corrected chi connectivity index (χ1v) is 5.65. The quantitative estimate of drug-likeness (QED) is 0.873. The molecular formula is C12H18N4O2. The maximum Gasteiger partial charge on any atom is 0.412 e. The molecule has 1 N–H and O–H groups in total. The van der Waals surface area contributed by atoms with Crippen molar-refractivity contribution in [3.63, 3.8) is 0 Å². The first-order chi connectivity index (χ1) is 8.24. The summed E-state index contributed by atoms with van der Waals surface area (Å²) in [6.45, 7) is 9.11. The average Bonchev–Trinajstić information content (AvgIpc) is 2.44. The molecule has 18 heavy (non-hydrogen) atoms. The average molecular weight is 250 g/mol. The van der Waals surface area contributed by atoms with Gasteiger partial charge in [0.15, 0.2) is 0 Å². The van der Waals surface area contributed by atoms with Crippen LogP contribution in [0.15, 0.2) is 0 Å². The predicted octanol–water partition coefficient (Wildman–Crippen LogP) is 2.37. The highest BCUT2D eigenvalue weighted by molar-refractivity contribution is 5.86. The van der Waals surface area contributed by atoms with Crippen LogP contribution in [0.4, 0.5) is 10.5 Å². The van der Waals surface area contributed by atoms with Crippen LogP contribution in [-0.4, -0.2) is 21.5 Å². The van der Waals surface area contributed by atoms with Crippen LogP contribution < -0.4 is 5.32 Å². The van der Waals surface area contributed by atoms with E-state index in [9.17, 15) is 4.79 Å². The molecule has 0 spiro atoms. The van der Waals surface area contributed by atoms with E-state index < -0.39 is 11.7 Å². The fourth-order valence-corrected chi connectivity index (χ4v) is 1.50. The normalized spacial score (nSPS) is 10.9. The van der Waals surface area contributed by atoms with E-state index in [1.54, 1.807) is 39.3 Å². The number of aryl methyl sites for hydroxylation is 1. The Morgan fingerprint density at radius 2 is 2.11 bits per heavy atom. The topological polar surface area (TPSA) is 79.9 Å². The van der Waals surface area contributed by atoms with E-state index in [4.69, 9.17) is 10.00 Å². The lowest BCUT2D eigenvalue weighted by Gasteiger charge is -2.19. The summed E-state index contributed by atoms with van der Waals surface area (Å²) in [5, 5.41) is 15.5.